The Labute approximate surface area is 126 Å². The maximum atomic E-state index is 6.04. The Kier molecular flexibility index (Phi) is 4.52. The van der Waals surface area contributed by atoms with E-state index in [0.29, 0.717) is 6.04 Å². The molecule has 1 aliphatic carbocycles. The molecule has 2 aliphatic rings. The van der Waals surface area contributed by atoms with Gasteiger partial charge in [-0.15, -0.1) is 0 Å². The molecule has 0 aromatic heterocycles. The molecule has 3 heteroatoms. The molecule has 1 aromatic carbocycles. The number of nitrogens with one attached hydrogen (secondary N) is 1. The summed E-state index contributed by atoms with van der Waals surface area (Å²) < 4.78 is 6.00. The number of rotatable bonds is 3. The van der Waals surface area contributed by atoms with E-state index < -0.39 is 0 Å². The van der Waals surface area contributed by atoms with Gasteiger partial charge < -0.3 is 10.1 Å². The second kappa shape index (κ2) is 6.36. The highest BCUT2D eigenvalue weighted by Gasteiger charge is 2.25. The zero-order chi connectivity index (χ0) is 13.9. The summed E-state index contributed by atoms with van der Waals surface area (Å²) in [7, 11) is 0. The molecule has 3 atom stereocenters. The molecule has 1 aliphatic heterocycles. The number of ether oxygens (including phenoxy) is 1. The lowest BCUT2D eigenvalue weighted by molar-refractivity contribution is 0.211. The lowest BCUT2D eigenvalue weighted by Crippen LogP contribution is -2.40. The van der Waals surface area contributed by atoms with Gasteiger partial charge in [0.25, 0.3) is 0 Å². The third-order valence-corrected chi connectivity index (χ3v) is 4.97. The van der Waals surface area contributed by atoms with Crippen LogP contribution in [0.1, 0.15) is 44.6 Å². The van der Waals surface area contributed by atoms with Gasteiger partial charge in [-0.2, -0.15) is 0 Å². The van der Waals surface area contributed by atoms with E-state index in [1.54, 1.807) is 0 Å². The highest BCUT2D eigenvalue weighted by molar-refractivity contribution is 6.30. The fourth-order valence-corrected chi connectivity index (χ4v) is 3.68. The van der Waals surface area contributed by atoms with Crippen molar-refractivity contribution in [2.45, 2.75) is 57.6 Å². The van der Waals surface area contributed by atoms with Crippen LogP contribution in [0.4, 0.5) is 0 Å². The van der Waals surface area contributed by atoms with Crippen LogP contribution in [0.2, 0.25) is 5.02 Å². The van der Waals surface area contributed by atoms with E-state index in [1.165, 1.54) is 37.7 Å². The first-order chi connectivity index (χ1) is 9.72. The van der Waals surface area contributed by atoms with Gasteiger partial charge in [0, 0.05) is 24.0 Å². The average Bonchev–Trinajstić information content (AvgIpc) is 2.71. The zero-order valence-corrected chi connectivity index (χ0v) is 13.0. The van der Waals surface area contributed by atoms with E-state index >= 15 is 0 Å². The fraction of sp³-hybridized carbons (Fsp3) is 0.647. The van der Waals surface area contributed by atoms with E-state index in [9.17, 15) is 0 Å². The molecular formula is C17H24ClNO. The van der Waals surface area contributed by atoms with Crippen molar-refractivity contribution in [1.29, 1.82) is 0 Å². The summed E-state index contributed by atoms with van der Waals surface area (Å²) in [6.07, 6.45) is 8.06. The summed E-state index contributed by atoms with van der Waals surface area (Å²) in [5, 5.41) is 4.55. The summed E-state index contributed by atoms with van der Waals surface area (Å²) in [6.45, 7) is 3.33. The molecule has 1 fully saturated rings. The molecule has 1 aromatic rings. The molecule has 1 saturated carbocycles. The van der Waals surface area contributed by atoms with Crippen molar-refractivity contribution >= 4 is 11.6 Å². The smallest absolute Gasteiger partial charge is 0.123 e. The lowest BCUT2D eigenvalue weighted by atomic mass is 9.97. The van der Waals surface area contributed by atoms with E-state index in [0.717, 1.165) is 29.7 Å². The molecule has 2 nitrogen and oxygen atoms in total. The van der Waals surface area contributed by atoms with Crippen LogP contribution in [-0.4, -0.2) is 18.7 Å². The number of fused-ring (bicyclic) bond motifs is 1. The first kappa shape index (κ1) is 14.2. The van der Waals surface area contributed by atoms with Crippen LogP contribution in [0.5, 0.6) is 5.75 Å². The van der Waals surface area contributed by atoms with Crippen molar-refractivity contribution in [2.24, 2.45) is 5.92 Å². The molecule has 0 radical (unpaired) electrons. The van der Waals surface area contributed by atoms with Gasteiger partial charge in [-0.3, -0.25) is 0 Å². The summed E-state index contributed by atoms with van der Waals surface area (Å²) in [5.41, 5.74) is 1.25. The third-order valence-electron chi connectivity index (χ3n) is 4.73. The molecular weight excluding hydrogens is 270 g/mol. The second-order valence-corrected chi connectivity index (χ2v) is 6.76. The number of halogens is 1. The van der Waals surface area contributed by atoms with Gasteiger partial charge in [0.1, 0.15) is 11.9 Å². The molecule has 3 unspecified atom stereocenters. The van der Waals surface area contributed by atoms with Crippen LogP contribution in [0.3, 0.4) is 0 Å². The number of hydrogen-bond acceptors (Lipinski definition) is 2. The van der Waals surface area contributed by atoms with Gasteiger partial charge in [0.05, 0.1) is 0 Å². The van der Waals surface area contributed by atoms with Crippen LogP contribution in [0.25, 0.3) is 0 Å². The Morgan fingerprint density at radius 3 is 3.00 bits per heavy atom. The SMILES string of the molecule is CC1CCCCCC1NCC1Cc2cc(Cl)ccc2O1. The molecule has 3 rings (SSSR count). The van der Waals surface area contributed by atoms with Crippen LogP contribution in [0.15, 0.2) is 18.2 Å². The van der Waals surface area contributed by atoms with E-state index in [1.807, 2.05) is 18.2 Å². The normalized spacial score (nSPS) is 29.6. The summed E-state index contributed by atoms with van der Waals surface area (Å²) >= 11 is 6.04. The van der Waals surface area contributed by atoms with Crippen molar-refractivity contribution in [3.05, 3.63) is 28.8 Å². The Morgan fingerprint density at radius 2 is 2.10 bits per heavy atom. The molecule has 0 saturated heterocycles. The largest absolute Gasteiger partial charge is 0.488 e. The number of benzene rings is 1. The summed E-state index contributed by atoms with van der Waals surface area (Å²) in [5.74, 6) is 1.80. The molecule has 0 amide bonds. The monoisotopic (exact) mass is 293 g/mol. The lowest BCUT2D eigenvalue weighted by Gasteiger charge is -2.24. The Hall–Kier alpha value is -0.730. The Balaban J connectivity index is 1.53. The van der Waals surface area contributed by atoms with Crippen molar-refractivity contribution in [3.63, 3.8) is 0 Å². The van der Waals surface area contributed by atoms with E-state index in [-0.39, 0.29) is 6.10 Å². The van der Waals surface area contributed by atoms with Crippen molar-refractivity contribution in [3.8, 4) is 5.75 Å². The van der Waals surface area contributed by atoms with Crippen LogP contribution in [-0.2, 0) is 6.42 Å². The van der Waals surface area contributed by atoms with E-state index in [4.69, 9.17) is 16.3 Å². The first-order valence-corrected chi connectivity index (χ1v) is 8.28. The molecule has 1 N–H and O–H groups in total. The number of hydrogen-bond donors (Lipinski definition) is 1. The van der Waals surface area contributed by atoms with E-state index in [2.05, 4.69) is 12.2 Å². The predicted molar refractivity (Wildman–Crippen MR) is 83.6 cm³/mol. The Morgan fingerprint density at radius 1 is 1.25 bits per heavy atom. The standard InChI is InChI=1S/C17H24ClNO/c1-12-5-3-2-4-6-16(12)19-11-15-10-13-9-14(18)7-8-17(13)20-15/h7-9,12,15-16,19H,2-6,10-11H2,1H3. The van der Waals surface area contributed by atoms with Gasteiger partial charge in [0.2, 0.25) is 0 Å². The summed E-state index contributed by atoms with van der Waals surface area (Å²) in [4.78, 5) is 0. The quantitative estimate of drug-likeness (QED) is 0.843. The molecule has 20 heavy (non-hydrogen) atoms. The molecule has 1 heterocycles. The molecule has 0 bridgehead atoms. The van der Waals surface area contributed by atoms with Gasteiger partial charge in [-0.05, 0) is 42.5 Å². The fourth-order valence-electron chi connectivity index (χ4n) is 3.48. The average molecular weight is 294 g/mol. The minimum Gasteiger partial charge on any atom is -0.488 e. The first-order valence-electron chi connectivity index (χ1n) is 7.91. The molecule has 110 valence electrons. The highest BCUT2D eigenvalue weighted by atomic mass is 35.5. The summed E-state index contributed by atoms with van der Waals surface area (Å²) in [6, 6.07) is 6.59. The predicted octanol–water partition coefficient (Wildman–Crippen LogP) is 4.20. The van der Waals surface area contributed by atoms with Crippen molar-refractivity contribution < 1.29 is 4.74 Å². The minimum absolute atomic E-state index is 0.263. The second-order valence-electron chi connectivity index (χ2n) is 6.33. The van der Waals surface area contributed by atoms with Gasteiger partial charge in [-0.1, -0.05) is 37.8 Å². The van der Waals surface area contributed by atoms with Crippen LogP contribution >= 0.6 is 11.6 Å². The van der Waals surface area contributed by atoms with Crippen molar-refractivity contribution in [1.82, 2.24) is 5.32 Å². The topological polar surface area (TPSA) is 21.3 Å². The maximum Gasteiger partial charge on any atom is 0.123 e. The van der Waals surface area contributed by atoms with Crippen LogP contribution in [0, 0.1) is 5.92 Å². The highest BCUT2D eigenvalue weighted by Crippen LogP contribution is 2.31. The maximum absolute atomic E-state index is 6.04. The van der Waals surface area contributed by atoms with Crippen molar-refractivity contribution in [2.75, 3.05) is 6.54 Å². The van der Waals surface area contributed by atoms with Gasteiger partial charge in [-0.25, -0.2) is 0 Å². The third kappa shape index (κ3) is 3.29. The van der Waals surface area contributed by atoms with Gasteiger partial charge in [0.15, 0.2) is 0 Å². The zero-order valence-electron chi connectivity index (χ0n) is 12.2. The molecule has 0 spiro atoms. The van der Waals surface area contributed by atoms with Gasteiger partial charge >= 0.3 is 0 Å². The Bertz CT molecular complexity index is 462. The minimum atomic E-state index is 0.263. The van der Waals surface area contributed by atoms with Crippen LogP contribution < -0.4 is 10.1 Å².